The van der Waals surface area contributed by atoms with Crippen LogP contribution in [0.1, 0.15) is 29.3 Å². The Kier molecular flexibility index (Phi) is 2.37. The predicted molar refractivity (Wildman–Crippen MR) is 52.8 cm³/mol. The molecular formula is C9H12N4O3. The monoisotopic (exact) mass is 224 g/mol. The van der Waals surface area contributed by atoms with Gasteiger partial charge in [-0.25, -0.2) is 4.98 Å². The number of amides is 1. The molecule has 0 saturated heterocycles. The number of carbonyl (C=O) groups is 2. The Labute approximate surface area is 91.3 Å². The Morgan fingerprint density at radius 3 is 2.69 bits per heavy atom. The van der Waals surface area contributed by atoms with Gasteiger partial charge in [-0.15, -0.1) is 5.10 Å². The lowest BCUT2D eigenvalue weighted by molar-refractivity contribution is -0.143. The third-order valence-corrected chi connectivity index (χ3v) is 2.69. The van der Waals surface area contributed by atoms with Gasteiger partial charge in [0.05, 0.1) is 5.41 Å². The summed E-state index contributed by atoms with van der Waals surface area (Å²) in [5, 5.41) is 17.7. The maximum absolute atomic E-state index is 11.5. The molecule has 3 N–H and O–H groups in total. The number of aliphatic carboxylic acids is 1. The number of H-pyrrole nitrogens is 1. The normalized spacial score (nSPS) is 16.8. The highest BCUT2D eigenvalue weighted by Gasteiger charge is 2.50. The van der Waals surface area contributed by atoms with Crippen LogP contribution in [0.3, 0.4) is 0 Å². The Morgan fingerprint density at radius 2 is 2.25 bits per heavy atom. The second-order valence-electron chi connectivity index (χ2n) is 4.01. The van der Waals surface area contributed by atoms with Crippen LogP contribution in [0.2, 0.25) is 0 Å². The number of carboxylic acid groups (broad SMARTS) is 1. The molecule has 0 radical (unpaired) electrons. The lowest BCUT2D eigenvalue weighted by atomic mass is 10.1. The van der Waals surface area contributed by atoms with E-state index in [1.54, 1.807) is 6.92 Å². The first-order valence-corrected chi connectivity index (χ1v) is 4.94. The van der Waals surface area contributed by atoms with Crippen molar-refractivity contribution in [2.45, 2.75) is 19.8 Å². The fraction of sp³-hybridized carbons (Fsp3) is 0.556. The zero-order valence-corrected chi connectivity index (χ0v) is 8.78. The average Bonchev–Trinajstić information content (AvgIpc) is 2.92. The molecule has 0 bridgehead atoms. The first kappa shape index (κ1) is 10.6. The molecule has 0 spiro atoms. The zero-order chi connectivity index (χ0) is 11.8. The fourth-order valence-electron chi connectivity index (χ4n) is 1.39. The molecule has 1 aliphatic rings. The fourth-order valence-corrected chi connectivity index (χ4v) is 1.39. The van der Waals surface area contributed by atoms with Crippen molar-refractivity contribution in [3.8, 4) is 0 Å². The van der Waals surface area contributed by atoms with E-state index in [0.29, 0.717) is 18.7 Å². The van der Waals surface area contributed by atoms with Gasteiger partial charge in [0.2, 0.25) is 5.82 Å². The van der Waals surface area contributed by atoms with E-state index in [1.165, 1.54) is 0 Å². The minimum atomic E-state index is -0.862. The summed E-state index contributed by atoms with van der Waals surface area (Å²) in [6, 6.07) is 0. The van der Waals surface area contributed by atoms with Crippen LogP contribution in [-0.4, -0.2) is 38.7 Å². The molecule has 0 aromatic carbocycles. The number of carbonyl (C=O) groups excluding carboxylic acids is 1. The molecule has 1 fully saturated rings. The molecular weight excluding hydrogens is 212 g/mol. The summed E-state index contributed by atoms with van der Waals surface area (Å²) in [7, 11) is 0. The summed E-state index contributed by atoms with van der Waals surface area (Å²) < 4.78 is 0. The molecule has 7 heteroatoms. The van der Waals surface area contributed by atoms with Crippen molar-refractivity contribution in [2.75, 3.05) is 6.54 Å². The van der Waals surface area contributed by atoms with Crippen LogP contribution in [0.25, 0.3) is 0 Å². The van der Waals surface area contributed by atoms with E-state index < -0.39 is 17.3 Å². The smallest absolute Gasteiger partial charge is 0.311 e. The van der Waals surface area contributed by atoms with Gasteiger partial charge in [-0.2, -0.15) is 0 Å². The van der Waals surface area contributed by atoms with Gasteiger partial charge < -0.3 is 10.4 Å². The van der Waals surface area contributed by atoms with Gasteiger partial charge >= 0.3 is 5.97 Å². The van der Waals surface area contributed by atoms with Gasteiger partial charge in [0, 0.05) is 6.54 Å². The van der Waals surface area contributed by atoms with Gasteiger partial charge in [-0.1, -0.05) is 0 Å². The number of aromatic nitrogens is 3. The first-order chi connectivity index (χ1) is 7.53. The number of hydrogen-bond acceptors (Lipinski definition) is 4. The van der Waals surface area contributed by atoms with Crippen LogP contribution in [-0.2, 0) is 4.79 Å². The van der Waals surface area contributed by atoms with E-state index in [2.05, 4.69) is 20.5 Å². The van der Waals surface area contributed by atoms with E-state index in [-0.39, 0.29) is 12.4 Å². The van der Waals surface area contributed by atoms with E-state index >= 15 is 0 Å². The number of nitrogens with zero attached hydrogens (tertiary/aromatic N) is 2. The van der Waals surface area contributed by atoms with Crippen molar-refractivity contribution in [1.29, 1.82) is 0 Å². The quantitative estimate of drug-likeness (QED) is 0.651. The lowest BCUT2D eigenvalue weighted by Gasteiger charge is -2.09. The molecule has 0 unspecified atom stereocenters. The van der Waals surface area contributed by atoms with Crippen molar-refractivity contribution in [2.24, 2.45) is 5.41 Å². The van der Waals surface area contributed by atoms with E-state index in [9.17, 15) is 9.59 Å². The summed E-state index contributed by atoms with van der Waals surface area (Å²) >= 11 is 0. The Bertz CT molecular complexity index is 436. The Balaban J connectivity index is 1.92. The molecule has 0 atom stereocenters. The highest BCUT2D eigenvalue weighted by molar-refractivity contribution is 5.91. The minimum absolute atomic E-state index is 0.0405. The molecule has 1 heterocycles. The van der Waals surface area contributed by atoms with Crippen LogP contribution < -0.4 is 5.32 Å². The second-order valence-corrected chi connectivity index (χ2v) is 4.01. The molecule has 16 heavy (non-hydrogen) atoms. The third-order valence-electron chi connectivity index (χ3n) is 2.69. The van der Waals surface area contributed by atoms with Crippen LogP contribution in [0.4, 0.5) is 0 Å². The standard InChI is InChI=1S/C9H12N4O3/c1-5-11-6(13-12-5)7(14)10-4-9(2-3-9)8(15)16/h2-4H2,1H3,(H,10,14)(H,15,16)(H,11,12,13). The van der Waals surface area contributed by atoms with E-state index in [1.807, 2.05) is 0 Å². The number of aryl methyl sites for hydroxylation is 1. The largest absolute Gasteiger partial charge is 0.481 e. The SMILES string of the molecule is Cc1nc(C(=O)NCC2(C(=O)O)CC2)n[nH]1. The maximum Gasteiger partial charge on any atom is 0.311 e. The number of hydrogen-bond donors (Lipinski definition) is 3. The van der Waals surface area contributed by atoms with Crippen molar-refractivity contribution < 1.29 is 14.7 Å². The Hall–Kier alpha value is -1.92. The molecule has 7 nitrogen and oxygen atoms in total. The third kappa shape index (κ3) is 1.88. The van der Waals surface area contributed by atoms with Crippen LogP contribution in [0.15, 0.2) is 0 Å². The number of rotatable bonds is 4. The molecule has 1 aromatic rings. The topological polar surface area (TPSA) is 108 Å². The highest BCUT2D eigenvalue weighted by Crippen LogP contribution is 2.45. The number of nitrogens with one attached hydrogen (secondary N) is 2. The molecule has 1 amide bonds. The molecule has 1 aromatic heterocycles. The second kappa shape index (κ2) is 3.58. The molecule has 2 rings (SSSR count). The molecule has 1 saturated carbocycles. The van der Waals surface area contributed by atoms with Gasteiger partial charge in [0.25, 0.3) is 5.91 Å². The lowest BCUT2D eigenvalue weighted by Crippen LogP contribution is -2.34. The average molecular weight is 224 g/mol. The maximum atomic E-state index is 11.5. The van der Waals surface area contributed by atoms with Crippen molar-refractivity contribution in [3.63, 3.8) is 0 Å². The summed E-state index contributed by atoms with van der Waals surface area (Å²) in [4.78, 5) is 26.2. The zero-order valence-electron chi connectivity index (χ0n) is 8.78. The summed E-state index contributed by atoms with van der Waals surface area (Å²) in [6.07, 6.45) is 1.21. The van der Waals surface area contributed by atoms with Crippen molar-refractivity contribution >= 4 is 11.9 Å². The van der Waals surface area contributed by atoms with Crippen molar-refractivity contribution in [3.05, 3.63) is 11.6 Å². The Morgan fingerprint density at radius 1 is 1.56 bits per heavy atom. The summed E-state index contributed by atoms with van der Waals surface area (Å²) in [5.74, 6) is -0.723. The van der Waals surface area contributed by atoms with E-state index in [0.717, 1.165) is 0 Å². The van der Waals surface area contributed by atoms with Crippen LogP contribution in [0, 0.1) is 12.3 Å². The summed E-state index contributed by atoms with van der Waals surface area (Å²) in [5.41, 5.74) is -0.763. The summed E-state index contributed by atoms with van der Waals surface area (Å²) in [6.45, 7) is 1.82. The number of aromatic amines is 1. The highest BCUT2D eigenvalue weighted by atomic mass is 16.4. The number of carboxylic acids is 1. The predicted octanol–water partition coefficient (Wildman–Crippen LogP) is -0.292. The van der Waals surface area contributed by atoms with Crippen LogP contribution in [0.5, 0.6) is 0 Å². The van der Waals surface area contributed by atoms with Gasteiger partial charge in [0.1, 0.15) is 5.82 Å². The van der Waals surface area contributed by atoms with Gasteiger partial charge in [-0.05, 0) is 19.8 Å². The first-order valence-electron chi connectivity index (χ1n) is 4.94. The minimum Gasteiger partial charge on any atom is -0.481 e. The molecule has 1 aliphatic carbocycles. The van der Waals surface area contributed by atoms with E-state index in [4.69, 9.17) is 5.11 Å². The van der Waals surface area contributed by atoms with Crippen molar-refractivity contribution in [1.82, 2.24) is 20.5 Å². The molecule has 86 valence electrons. The van der Waals surface area contributed by atoms with Crippen LogP contribution >= 0.6 is 0 Å². The van der Waals surface area contributed by atoms with Gasteiger partial charge in [-0.3, -0.25) is 14.7 Å². The van der Waals surface area contributed by atoms with Gasteiger partial charge in [0.15, 0.2) is 0 Å². The molecule has 0 aliphatic heterocycles.